The molecule has 20 heavy (non-hydrogen) atoms. The number of anilines is 1. The van der Waals surface area contributed by atoms with Crippen molar-refractivity contribution in [3.05, 3.63) is 24.3 Å². The van der Waals surface area contributed by atoms with Crippen LogP contribution in [0.2, 0.25) is 0 Å². The Kier molecular flexibility index (Phi) is 3.87. The molecule has 0 saturated carbocycles. The number of hydrogen-bond donors (Lipinski definition) is 1. The maximum Gasteiger partial charge on any atom is 0.164 e. The topological polar surface area (TPSA) is 42.8 Å². The molecular formula is C14H21FN4O. The third-order valence-corrected chi connectivity index (χ3v) is 4.36. The maximum absolute atomic E-state index is 13.8. The number of aliphatic hydroxyl groups excluding tert-OH is 1. The normalized spacial score (nSPS) is 29.1. The molecule has 2 aliphatic heterocycles. The van der Waals surface area contributed by atoms with E-state index in [2.05, 4.69) is 21.8 Å². The van der Waals surface area contributed by atoms with Crippen molar-refractivity contribution in [1.29, 1.82) is 0 Å². The van der Waals surface area contributed by atoms with Gasteiger partial charge in [0.1, 0.15) is 0 Å². The molecule has 0 radical (unpaired) electrons. The van der Waals surface area contributed by atoms with E-state index in [1.807, 2.05) is 4.90 Å². The van der Waals surface area contributed by atoms with Crippen LogP contribution >= 0.6 is 0 Å². The number of halogens is 1. The number of β-amino-alcohol motifs (C(OH)–C–C–N with tert-alkyl or cyclic N) is 1. The molecule has 2 aliphatic rings. The van der Waals surface area contributed by atoms with Crippen LogP contribution in [-0.4, -0.2) is 78.4 Å². The van der Waals surface area contributed by atoms with E-state index in [4.69, 9.17) is 0 Å². The zero-order chi connectivity index (χ0) is 14.1. The van der Waals surface area contributed by atoms with E-state index in [-0.39, 0.29) is 11.9 Å². The second-order valence-corrected chi connectivity index (χ2v) is 5.71. The molecular weight excluding hydrogens is 259 g/mol. The lowest BCUT2D eigenvalue weighted by atomic mass is 10.1. The molecule has 0 amide bonds. The van der Waals surface area contributed by atoms with Crippen molar-refractivity contribution < 1.29 is 9.50 Å². The number of pyridine rings is 1. The zero-order valence-corrected chi connectivity index (χ0v) is 11.7. The van der Waals surface area contributed by atoms with Gasteiger partial charge in [-0.25, -0.2) is 4.39 Å². The van der Waals surface area contributed by atoms with Crippen LogP contribution in [-0.2, 0) is 0 Å². The van der Waals surface area contributed by atoms with Crippen LogP contribution in [0.25, 0.3) is 0 Å². The lowest BCUT2D eigenvalue weighted by Gasteiger charge is -2.37. The van der Waals surface area contributed by atoms with Gasteiger partial charge in [0.15, 0.2) is 5.82 Å². The first-order chi connectivity index (χ1) is 9.65. The number of aromatic nitrogens is 1. The molecule has 0 bridgehead atoms. The summed E-state index contributed by atoms with van der Waals surface area (Å²) in [7, 11) is 2.11. The van der Waals surface area contributed by atoms with E-state index in [9.17, 15) is 9.50 Å². The number of hydrogen-bond acceptors (Lipinski definition) is 5. The van der Waals surface area contributed by atoms with Crippen LogP contribution in [0.1, 0.15) is 0 Å². The molecule has 1 aromatic rings. The number of aliphatic hydroxyl groups is 1. The van der Waals surface area contributed by atoms with Crippen LogP contribution < -0.4 is 4.90 Å². The number of rotatable bonds is 2. The summed E-state index contributed by atoms with van der Waals surface area (Å²) >= 11 is 0. The van der Waals surface area contributed by atoms with Gasteiger partial charge >= 0.3 is 0 Å². The van der Waals surface area contributed by atoms with Crippen molar-refractivity contribution in [2.75, 3.05) is 51.2 Å². The van der Waals surface area contributed by atoms with Gasteiger partial charge in [0.2, 0.25) is 0 Å². The van der Waals surface area contributed by atoms with Crippen LogP contribution in [0.5, 0.6) is 0 Å². The Morgan fingerprint density at radius 2 is 2.00 bits per heavy atom. The van der Waals surface area contributed by atoms with E-state index in [0.29, 0.717) is 18.8 Å². The van der Waals surface area contributed by atoms with Crippen molar-refractivity contribution >= 4 is 5.69 Å². The molecule has 1 N–H and O–H groups in total. The fraction of sp³-hybridized carbons (Fsp3) is 0.643. The van der Waals surface area contributed by atoms with Gasteiger partial charge < -0.3 is 14.9 Å². The number of nitrogens with zero attached hydrogens (tertiary/aromatic N) is 4. The lowest BCUT2D eigenvalue weighted by molar-refractivity contribution is 0.0512. The SMILES string of the molecule is CN1CCN([C@H]2CN(c3ccncc3F)C[C@@H]2O)CC1. The fourth-order valence-corrected chi connectivity index (χ4v) is 3.10. The third-order valence-electron chi connectivity index (χ3n) is 4.36. The van der Waals surface area contributed by atoms with Crippen molar-refractivity contribution in [1.82, 2.24) is 14.8 Å². The van der Waals surface area contributed by atoms with Crippen LogP contribution in [0.3, 0.4) is 0 Å². The molecule has 3 rings (SSSR count). The summed E-state index contributed by atoms with van der Waals surface area (Å²) in [6.45, 7) is 5.12. The summed E-state index contributed by atoms with van der Waals surface area (Å²) in [4.78, 5) is 10.3. The highest BCUT2D eigenvalue weighted by Crippen LogP contribution is 2.25. The Morgan fingerprint density at radius 3 is 2.70 bits per heavy atom. The first-order valence-electron chi connectivity index (χ1n) is 7.10. The molecule has 2 fully saturated rings. The summed E-state index contributed by atoms with van der Waals surface area (Å²) in [6.07, 6.45) is 2.39. The van der Waals surface area contributed by atoms with Gasteiger partial charge in [-0.2, -0.15) is 0 Å². The van der Waals surface area contributed by atoms with E-state index in [1.165, 1.54) is 6.20 Å². The second kappa shape index (κ2) is 5.63. The molecule has 110 valence electrons. The maximum atomic E-state index is 13.8. The van der Waals surface area contributed by atoms with Gasteiger partial charge in [-0.3, -0.25) is 9.88 Å². The average Bonchev–Trinajstić information content (AvgIpc) is 2.82. The molecule has 2 saturated heterocycles. The van der Waals surface area contributed by atoms with Gasteiger partial charge in [0, 0.05) is 45.5 Å². The summed E-state index contributed by atoms with van der Waals surface area (Å²) in [5, 5.41) is 10.3. The molecule has 2 atom stereocenters. The third kappa shape index (κ3) is 2.63. The van der Waals surface area contributed by atoms with Crippen molar-refractivity contribution in [2.45, 2.75) is 12.1 Å². The Bertz CT molecular complexity index is 464. The van der Waals surface area contributed by atoms with Gasteiger partial charge in [0.05, 0.1) is 24.0 Å². The van der Waals surface area contributed by atoms with E-state index in [1.54, 1.807) is 12.3 Å². The lowest BCUT2D eigenvalue weighted by Crippen LogP contribution is -2.52. The average molecular weight is 280 g/mol. The minimum Gasteiger partial charge on any atom is -0.390 e. The standard InChI is InChI=1S/C14H21FN4O/c1-17-4-6-18(7-5-17)13-9-19(10-14(13)20)12-2-3-16-8-11(12)15/h2-3,8,13-14,20H,4-7,9-10H2,1H3/t13-,14-/m0/s1. The van der Waals surface area contributed by atoms with Gasteiger partial charge in [-0.1, -0.05) is 0 Å². The van der Waals surface area contributed by atoms with E-state index in [0.717, 1.165) is 26.2 Å². The van der Waals surface area contributed by atoms with E-state index >= 15 is 0 Å². The van der Waals surface area contributed by atoms with Crippen LogP contribution in [0.4, 0.5) is 10.1 Å². The monoisotopic (exact) mass is 280 g/mol. The zero-order valence-electron chi connectivity index (χ0n) is 11.7. The highest BCUT2D eigenvalue weighted by Gasteiger charge is 2.37. The quantitative estimate of drug-likeness (QED) is 0.827. The number of likely N-dealkylation sites (N-methyl/N-ethyl adjacent to an activating group) is 1. The molecule has 0 unspecified atom stereocenters. The Labute approximate surface area is 118 Å². The Balaban J connectivity index is 1.69. The summed E-state index contributed by atoms with van der Waals surface area (Å²) in [5.74, 6) is -0.321. The smallest absolute Gasteiger partial charge is 0.164 e. The molecule has 0 aromatic carbocycles. The molecule has 3 heterocycles. The highest BCUT2D eigenvalue weighted by atomic mass is 19.1. The summed E-state index contributed by atoms with van der Waals surface area (Å²) < 4.78 is 13.8. The minimum absolute atomic E-state index is 0.0938. The fourth-order valence-electron chi connectivity index (χ4n) is 3.10. The summed E-state index contributed by atoms with van der Waals surface area (Å²) in [6, 6.07) is 1.77. The van der Waals surface area contributed by atoms with Gasteiger partial charge in [-0.05, 0) is 13.1 Å². The molecule has 1 aromatic heterocycles. The molecule has 0 aliphatic carbocycles. The van der Waals surface area contributed by atoms with Crippen LogP contribution in [0, 0.1) is 5.82 Å². The Hall–Kier alpha value is -1.24. The molecule has 6 heteroatoms. The van der Waals surface area contributed by atoms with Crippen molar-refractivity contribution in [2.24, 2.45) is 0 Å². The van der Waals surface area contributed by atoms with Crippen molar-refractivity contribution in [3.8, 4) is 0 Å². The number of piperazine rings is 1. The van der Waals surface area contributed by atoms with E-state index < -0.39 is 6.10 Å². The van der Waals surface area contributed by atoms with Gasteiger partial charge in [0.25, 0.3) is 0 Å². The van der Waals surface area contributed by atoms with Crippen molar-refractivity contribution in [3.63, 3.8) is 0 Å². The summed E-state index contributed by atoms with van der Waals surface area (Å²) in [5.41, 5.74) is 0.538. The minimum atomic E-state index is -0.425. The highest BCUT2D eigenvalue weighted by molar-refractivity contribution is 5.48. The first kappa shape index (κ1) is 13.7. The van der Waals surface area contributed by atoms with Crippen LogP contribution in [0.15, 0.2) is 18.5 Å². The molecule has 0 spiro atoms. The second-order valence-electron chi connectivity index (χ2n) is 5.71. The predicted octanol–water partition coefficient (Wildman–Crippen LogP) is 0.0176. The Morgan fingerprint density at radius 1 is 1.25 bits per heavy atom. The first-order valence-corrected chi connectivity index (χ1v) is 7.10. The largest absolute Gasteiger partial charge is 0.390 e. The van der Waals surface area contributed by atoms with Gasteiger partial charge in [-0.15, -0.1) is 0 Å². The predicted molar refractivity (Wildman–Crippen MR) is 75.3 cm³/mol. The molecule has 5 nitrogen and oxygen atoms in total.